The summed E-state index contributed by atoms with van der Waals surface area (Å²) in [5, 5.41) is 35.3. The van der Waals surface area contributed by atoms with Crippen molar-refractivity contribution in [2.75, 3.05) is 32.9 Å². The first-order valence-electron chi connectivity index (χ1n) is 20.2. The maximum absolute atomic E-state index is 12.1. The fourth-order valence-electron chi connectivity index (χ4n) is 7.44. The summed E-state index contributed by atoms with van der Waals surface area (Å²) in [6.07, 6.45) is 3.14. The molecule has 0 heterocycles. The summed E-state index contributed by atoms with van der Waals surface area (Å²) >= 11 is 0. The Morgan fingerprint density at radius 1 is 0.586 bits per heavy atom. The fraction of sp³-hybridized carbons (Fsp3) is 0.391. The van der Waals surface area contributed by atoms with Gasteiger partial charge in [0.2, 0.25) is 5.91 Å². The molecule has 6 N–H and O–H groups in total. The van der Waals surface area contributed by atoms with Crippen molar-refractivity contribution in [3.05, 3.63) is 119 Å². The quantitative estimate of drug-likeness (QED) is 0.0539. The van der Waals surface area contributed by atoms with E-state index in [9.17, 15) is 24.3 Å². The number of aliphatic hydroxyl groups is 2. The molecule has 4 aromatic carbocycles. The lowest BCUT2D eigenvalue weighted by Crippen LogP contribution is -2.44. The zero-order valence-electron chi connectivity index (χ0n) is 33.0. The van der Waals surface area contributed by atoms with Crippen molar-refractivity contribution < 1.29 is 44.0 Å². The van der Waals surface area contributed by atoms with E-state index >= 15 is 0 Å². The molecule has 58 heavy (non-hydrogen) atoms. The Morgan fingerprint density at radius 3 is 1.33 bits per heavy atom. The SMILES string of the molecule is C[C@H](O)[C@H](CO)NC(=O)CCCCCNC(=O)OCC1c2ccccc2-c2ccccc21.O=C(O)CCCCCNC(=O)OCC1c2ccccc2-c2ccccc21. The van der Waals surface area contributed by atoms with Crippen molar-refractivity contribution in [2.24, 2.45) is 0 Å². The molecule has 3 amide bonds. The van der Waals surface area contributed by atoms with Gasteiger partial charge in [0.1, 0.15) is 13.2 Å². The summed E-state index contributed by atoms with van der Waals surface area (Å²) in [6.45, 7) is 2.79. The van der Waals surface area contributed by atoms with E-state index in [-0.39, 0.29) is 37.4 Å². The van der Waals surface area contributed by atoms with Gasteiger partial charge in [-0.3, -0.25) is 9.59 Å². The summed E-state index contributed by atoms with van der Waals surface area (Å²) in [6, 6.07) is 32.2. The first kappa shape index (κ1) is 43.4. The number of aliphatic hydroxyl groups excluding tert-OH is 2. The van der Waals surface area contributed by atoms with Gasteiger partial charge in [-0.15, -0.1) is 0 Å². The van der Waals surface area contributed by atoms with Crippen LogP contribution in [0.4, 0.5) is 9.59 Å². The van der Waals surface area contributed by atoms with E-state index in [1.807, 2.05) is 48.5 Å². The minimum atomic E-state index is -0.801. The average molecular weight is 794 g/mol. The van der Waals surface area contributed by atoms with Crippen LogP contribution >= 0.6 is 0 Å². The van der Waals surface area contributed by atoms with Crippen LogP contribution < -0.4 is 16.0 Å². The molecule has 2 aliphatic carbocycles. The van der Waals surface area contributed by atoms with Crippen LogP contribution in [0.15, 0.2) is 97.1 Å². The number of ether oxygens (including phenoxy) is 2. The lowest BCUT2D eigenvalue weighted by molar-refractivity contribution is -0.137. The van der Waals surface area contributed by atoms with Crippen molar-refractivity contribution >= 4 is 24.1 Å². The number of rotatable bonds is 19. The highest BCUT2D eigenvalue weighted by Gasteiger charge is 2.30. The number of aliphatic carboxylic acids is 1. The number of amides is 3. The van der Waals surface area contributed by atoms with Gasteiger partial charge in [-0.1, -0.05) is 110 Å². The molecular formula is C46H55N3O9. The van der Waals surface area contributed by atoms with E-state index < -0.39 is 30.3 Å². The highest BCUT2D eigenvalue weighted by Crippen LogP contribution is 2.45. The number of unbranched alkanes of at least 4 members (excludes halogenated alkanes) is 4. The van der Waals surface area contributed by atoms with Gasteiger partial charge in [-0.25, -0.2) is 9.59 Å². The largest absolute Gasteiger partial charge is 0.481 e. The van der Waals surface area contributed by atoms with Crippen LogP contribution in [0.25, 0.3) is 22.3 Å². The molecule has 12 heteroatoms. The van der Waals surface area contributed by atoms with Gasteiger partial charge in [0.05, 0.1) is 18.8 Å². The van der Waals surface area contributed by atoms with Crippen molar-refractivity contribution in [1.82, 2.24) is 16.0 Å². The topological polar surface area (TPSA) is 184 Å². The van der Waals surface area contributed by atoms with Gasteiger partial charge in [0.25, 0.3) is 0 Å². The van der Waals surface area contributed by atoms with E-state index in [1.165, 1.54) is 51.4 Å². The molecular weight excluding hydrogens is 739 g/mol. The number of carbonyl (C=O) groups excluding carboxylic acids is 3. The third-order valence-electron chi connectivity index (χ3n) is 10.5. The van der Waals surface area contributed by atoms with Gasteiger partial charge in [-0.05, 0) is 77.1 Å². The predicted octanol–water partition coefficient (Wildman–Crippen LogP) is 7.11. The normalized spacial score (nSPS) is 13.4. The van der Waals surface area contributed by atoms with E-state index in [0.717, 1.165) is 25.7 Å². The molecule has 2 atom stereocenters. The Balaban J connectivity index is 0.000000226. The maximum Gasteiger partial charge on any atom is 0.407 e. The Hall–Kier alpha value is -5.72. The Kier molecular flexibility index (Phi) is 16.7. The second kappa shape index (κ2) is 22.3. The van der Waals surface area contributed by atoms with Gasteiger partial charge >= 0.3 is 18.2 Å². The average Bonchev–Trinajstić information content (AvgIpc) is 3.73. The second-order valence-electron chi connectivity index (χ2n) is 14.6. The molecule has 0 radical (unpaired) electrons. The summed E-state index contributed by atoms with van der Waals surface area (Å²) < 4.78 is 10.9. The van der Waals surface area contributed by atoms with E-state index in [2.05, 4.69) is 64.5 Å². The highest BCUT2D eigenvalue weighted by atomic mass is 16.6. The zero-order chi connectivity index (χ0) is 41.3. The molecule has 0 bridgehead atoms. The lowest BCUT2D eigenvalue weighted by Gasteiger charge is -2.18. The number of carboxylic acids is 1. The molecule has 308 valence electrons. The number of hydrogen-bond donors (Lipinski definition) is 6. The monoisotopic (exact) mass is 793 g/mol. The van der Waals surface area contributed by atoms with Crippen molar-refractivity contribution in [3.8, 4) is 22.3 Å². The summed E-state index contributed by atoms with van der Waals surface area (Å²) in [4.78, 5) is 46.3. The number of alkyl carbamates (subject to hydrolysis) is 2. The highest BCUT2D eigenvalue weighted by molar-refractivity contribution is 5.80. The third-order valence-corrected chi connectivity index (χ3v) is 10.5. The first-order chi connectivity index (χ1) is 28.2. The van der Waals surface area contributed by atoms with Crippen molar-refractivity contribution in [3.63, 3.8) is 0 Å². The fourth-order valence-corrected chi connectivity index (χ4v) is 7.44. The first-order valence-corrected chi connectivity index (χ1v) is 20.2. The zero-order valence-corrected chi connectivity index (χ0v) is 33.0. The molecule has 6 rings (SSSR count). The number of carbonyl (C=O) groups is 4. The van der Waals surface area contributed by atoms with Gasteiger partial charge in [-0.2, -0.15) is 0 Å². The van der Waals surface area contributed by atoms with E-state index in [0.29, 0.717) is 39.0 Å². The summed E-state index contributed by atoms with van der Waals surface area (Å²) in [5.41, 5.74) is 9.54. The van der Waals surface area contributed by atoms with Crippen LogP contribution in [0.3, 0.4) is 0 Å². The number of benzene rings is 4. The smallest absolute Gasteiger partial charge is 0.407 e. The summed E-state index contributed by atoms with van der Waals surface area (Å²) in [7, 11) is 0. The maximum atomic E-state index is 12.1. The van der Waals surface area contributed by atoms with Crippen molar-refractivity contribution in [2.45, 2.75) is 82.3 Å². The molecule has 0 unspecified atom stereocenters. The van der Waals surface area contributed by atoms with Crippen LogP contribution in [-0.4, -0.2) is 84.4 Å². The third kappa shape index (κ3) is 12.1. The van der Waals surface area contributed by atoms with Crippen molar-refractivity contribution in [1.29, 1.82) is 0 Å². The number of hydrogen-bond acceptors (Lipinski definition) is 8. The van der Waals surface area contributed by atoms with Crippen LogP contribution in [0.1, 0.15) is 92.4 Å². The lowest BCUT2D eigenvalue weighted by atomic mass is 9.98. The van der Waals surface area contributed by atoms with Crippen LogP contribution in [0.5, 0.6) is 0 Å². The minimum Gasteiger partial charge on any atom is -0.481 e. The van der Waals surface area contributed by atoms with Crippen LogP contribution in [0, 0.1) is 0 Å². The molecule has 2 aliphatic rings. The molecule has 0 aliphatic heterocycles. The second-order valence-corrected chi connectivity index (χ2v) is 14.6. The van der Waals surface area contributed by atoms with Crippen LogP contribution in [-0.2, 0) is 19.1 Å². The molecule has 0 aromatic heterocycles. The van der Waals surface area contributed by atoms with E-state index in [4.69, 9.17) is 19.7 Å². The van der Waals surface area contributed by atoms with Gasteiger partial charge in [0, 0.05) is 37.8 Å². The van der Waals surface area contributed by atoms with Gasteiger partial charge < -0.3 is 40.7 Å². The molecule has 0 fully saturated rings. The standard InChI is InChI=1S/C25H32N2O5.C21H23NO4/c1-17(29)23(15-28)27-24(30)13-3-2-8-14-26-25(31)32-16-22-20-11-6-4-9-18(20)19-10-5-7-12-21(19)22;23-20(24)12-2-1-7-13-22-21(25)26-14-19-17-10-5-3-8-15(17)16-9-4-6-11-18(16)19/h4-7,9-12,17,22-23,28-29H,2-3,8,13-16H2,1H3,(H,26,31)(H,27,30);3-6,8-11,19H,1-2,7,12-14H2,(H,22,25)(H,23,24)/t17-,23-;/m0./s1. The number of fused-ring (bicyclic) bond motifs is 6. The molecule has 4 aromatic rings. The number of nitrogens with one attached hydrogen (secondary N) is 3. The Morgan fingerprint density at radius 2 is 0.966 bits per heavy atom. The molecule has 0 saturated heterocycles. The Bertz CT molecular complexity index is 1890. The molecule has 0 saturated carbocycles. The predicted molar refractivity (Wildman–Crippen MR) is 221 cm³/mol. The molecule has 12 nitrogen and oxygen atoms in total. The van der Waals surface area contributed by atoms with E-state index in [1.54, 1.807) is 0 Å². The summed E-state index contributed by atoms with van der Waals surface area (Å²) in [5.74, 6) is -0.885. The Labute approximate surface area is 340 Å². The van der Waals surface area contributed by atoms with Crippen LogP contribution in [0.2, 0.25) is 0 Å². The van der Waals surface area contributed by atoms with Gasteiger partial charge in [0.15, 0.2) is 0 Å². The number of carboxylic acid groups (broad SMARTS) is 1. The minimum absolute atomic E-state index is 0.0380. The molecule has 0 spiro atoms.